The molecule has 31 heavy (non-hydrogen) atoms. The fourth-order valence-corrected chi connectivity index (χ4v) is 3.07. The smallest absolute Gasteiger partial charge is 0.409 e. The monoisotopic (exact) mass is 442 g/mol. The summed E-state index contributed by atoms with van der Waals surface area (Å²) in [5.74, 6) is -2.63. The van der Waals surface area contributed by atoms with Gasteiger partial charge in [0, 0.05) is 13.1 Å². The van der Waals surface area contributed by atoms with Crippen LogP contribution in [-0.2, 0) is 4.74 Å². The number of rotatable bonds is 3. The Labute approximate surface area is 179 Å². The number of ether oxygens (including phenoxy) is 1. The van der Waals surface area contributed by atoms with Crippen LogP contribution >= 0.6 is 0 Å². The van der Waals surface area contributed by atoms with E-state index in [-0.39, 0.29) is 24.2 Å². The summed E-state index contributed by atoms with van der Waals surface area (Å²) in [5, 5.41) is 14.7. The van der Waals surface area contributed by atoms with Gasteiger partial charge >= 0.3 is 11.8 Å². The van der Waals surface area contributed by atoms with E-state index in [0.29, 0.717) is 19.4 Å². The molecular weight excluding hydrogens is 414 g/mol. The minimum absolute atomic E-state index is 0.140. The summed E-state index contributed by atoms with van der Waals surface area (Å²) in [4.78, 5) is 27.3. The van der Waals surface area contributed by atoms with E-state index in [9.17, 15) is 23.7 Å². The van der Waals surface area contributed by atoms with E-state index in [1.54, 1.807) is 0 Å². The van der Waals surface area contributed by atoms with Gasteiger partial charge in [-0.25, -0.2) is 9.18 Å². The van der Waals surface area contributed by atoms with Crippen molar-refractivity contribution in [2.24, 2.45) is 0 Å². The topological polar surface area (TPSA) is 112 Å². The van der Waals surface area contributed by atoms with Gasteiger partial charge in [0.05, 0.1) is 29.1 Å². The minimum Gasteiger partial charge on any atom is -0.453 e. The summed E-state index contributed by atoms with van der Waals surface area (Å²) in [5.41, 5.74) is -1.84. The second-order valence-electron chi connectivity index (χ2n) is 6.16. The van der Waals surface area contributed by atoms with Crippen LogP contribution in [0.2, 0.25) is 0 Å². The molecule has 0 spiro atoms. The van der Waals surface area contributed by atoms with Gasteiger partial charge in [-0.3, -0.25) is 10.1 Å². The minimum atomic E-state index is -1.23. The molecule has 1 saturated heterocycles. The Hall–Kier alpha value is -3.11. The number of hydrogen-bond acceptors (Lipinski definition) is 7. The van der Waals surface area contributed by atoms with Gasteiger partial charge in [-0.2, -0.15) is 9.37 Å². The normalized spacial score (nSPS) is 15.2. The van der Waals surface area contributed by atoms with Crippen molar-refractivity contribution >= 4 is 11.8 Å². The Morgan fingerprint density at radius 1 is 1.32 bits per heavy atom. The predicted molar refractivity (Wildman–Crippen MR) is 110 cm³/mol. The van der Waals surface area contributed by atoms with E-state index in [0.717, 1.165) is 13.0 Å². The first-order valence-corrected chi connectivity index (χ1v) is 10.1. The van der Waals surface area contributed by atoms with Gasteiger partial charge in [0.1, 0.15) is 5.82 Å². The molecule has 1 aromatic carbocycles. The lowest BCUT2D eigenvalue weighted by molar-refractivity contribution is -0.388. The number of carbonyl (C=O) groups is 1. The molecule has 9 nitrogen and oxygen atoms in total. The average Bonchev–Trinajstić information content (AvgIpc) is 3.28. The van der Waals surface area contributed by atoms with Gasteiger partial charge in [0.15, 0.2) is 0 Å². The van der Waals surface area contributed by atoms with Gasteiger partial charge in [-0.05, 0) is 25.8 Å². The van der Waals surface area contributed by atoms with Crippen molar-refractivity contribution in [3.63, 3.8) is 0 Å². The Morgan fingerprint density at radius 3 is 2.55 bits per heavy atom. The first-order chi connectivity index (χ1) is 14.8. The maximum atomic E-state index is 14.5. The first kappa shape index (κ1) is 25.9. The van der Waals surface area contributed by atoms with E-state index in [1.165, 1.54) is 12.0 Å². The number of amides is 1. The Balaban J connectivity index is 0.00000113. The highest BCUT2D eigenvalue weighted by Crippen LogP contribution is 2.34. The number of aromatic nitrogens is 2. The fourth-order valence-electron chi connectivity index (χ4n) is 3.07. The molecule has 1 atom stereocenters. The van der Waals surface area contributed by atoms with Crippen molar-refractivity contribution in [2.45, 2.75) is 53.4 Å². The third kappa shape index (κ3) is 5.74. The van der Waals surface area contributed by atoms with Crippen LogP contribution in [0.1, 0.15) is 57.9 Å². The molecule has 0 radical (unpaired) electrons. The lowest BCUT2D eigenvalue weighted by Gasteiger charge is -2.29. The molecule has 1 aromatic heterocycles. The standard InChI is InChI=1S/C16H16F2N4O5.2C2H6/c1-8-11(17)6-10(12(18)13(8)22(24)25)14-19-15(27-20-14)9-4-3-5-21(7-9)16(23)26-2;2*1-2/h6,9H,3-5,7H2,1-2H3;2*1-2H3. The quantitative estimate of drug-likeness (QED) is 0.472. The third-order valence-corrected chi connectivity index (χ3v) is 4.50. The van der Waals surface area contributed by atoms with Crippen molar-refractivity contribution in [3.05, 3.63) is 39.3 Å². The second-order valence-corrected chi connectivity index (χ2v) is 6.16. The van der Waals surface area contributed by atoms with E-state index >= 15 is 0 Å². The molecule has 1 fully saturated rings. The summed E-state index contributed by atoms with van der Waals surface area (Å²) < 4.78 is 38.3. The van der Waals surface area contributed by atoms with Crippen LogP contribution in [0.3, 0.4) is 0 Å². The highest BCUT2D eigenvalue weighted by atomic mass is 19.1. The third-order valence-electron chi connectivity index (χ3n) is 4.50. The molecule has 1 amide bonds. The number of carbonyl (C=O) groups excluding carboxylic acids is 1. The van der Waals surface area contributed by atoms with Crippen molar-refractivity contribution in [1.29, 1.82) is 0 Å². The van der Waals surface area contributed by atoms with E-state index in [1.807, 2.05) is 27.7 Å². The van der Waals surface area contributed by atoms with Crippen molar-refractivity contribution < 1.29 is 27.8 Å². The molecule has 0 N–H and O–H groups in total. The van der Waals surface area contributed by atoms with Gasteiger partial charge in [0.25, 0.3) is 0 Å². The zero-order valence-corrected chi connectivity index (χ0v) is 18.6. The number of piperidine rings is 1. The maximum Gasteiger partial charge on any atom is 0.409 e. The van der Waals surface area contributed by atoms with Crippen LogP contribution in [-0.4, -0.2) is 46.3 Å². The number of nitrogens with zero attached hydrogens (tertiary/aromatic N) is 4. The highest BCUT2D eigenvalue weighted by Gasteiger charge is 2.31. The van der Waals surface area contributed by atoms with Gasteiger partial charge in [-0.1, -0.05) is 32.9 Å². The van der Waals surface area contributed by atoms with Crippen molar-refractivity contribution in [1.82, 2.24) is 15.0 Å². The molecule has 1 unspecified atom stereocenters. The second kappa shape index (κ2) is 11.9. The number of likely N-dealkylation sites (tertiary alicyclic amines) is 1. The molecule has 1 aliphatic heterocycles. The van der Waals surface area contributed by atoms with Crippen LogP contribution in [0.15, 0.2) is 10.6 Å². The zero-order valence-electron chi connectivity index (χ0n) is 18.6. The molecule has 0 aliphatic carbocycles. The highest BCUT2D eigenvalue weighted by molar-refractivity contribution is 5.67. The lowest BCUT2D eigenvalue weighted by atomic mass is 9.98. The number of hydrogen-bond donors (Lipinski definition) is 0. The van der Waals surface area contributed by atoms with Crippen LogP contribution in [0.25, 0.3) is 11.4 Å². The molecule has 2 aromatic rings. The SMILES string of the molecule is CC.CC.COC(=O)N1CCCC(c2nc(-c3cc(F)c(C)c([N+](=O)[O-])c3F)no2)C1. The van der Waals surface area contributed by atoms with Gasteiger partial charge in [0.2, 0.25) is 17.5 Å². The summed E-state index contributed by atoms with van der Waals surface area (Å²) in [7, 11) is 1.28. The van der Waals surface area contributed by atoms with Crippen LogP contribution in [0.4, 0.5) is 19.3 Å². The molecule has 172 valence electrons. The number of nitro groups is 1. The summed E-state index contributed by atoms with van der Waals surface area (Å²) in [6.45, 7) is 9.92. The van der Waals surface area contributed by atoms with Crippen molar-refractivity contribution in [3.8, 4) is 11.4 Å². The molecule has 3 rings (SSSR count). The maximum absolute atomic E-state index is 14.5. The Bertz CT molecular complexity index is 904. The van der Waals surface area contributed by atoms with Crippen LogP contribution < -0.4 is 0 Å². The summed E-state index contributed by atoms with van der Waals surface area (Å²) in [6, 6.07) is 0.800. The van der Waals surface area contributed by atoms with Gasteiger partial charge < -0.3 is 14.2 Å². The number of methoxy groups -OCH3 is 1. The van der Waals surface area contributed by atoms with E-state index < -0.39 is 39.5 Å². The average molecular weight is 442 g/mol. The molecule has 11 heteroatoms. The number of nitro benzene ring substituents is 1. The van der Waals surface area contributed by atoms with E-state index in [4.69, 9.17) is 4.52 Å². The molecule has 1 aliphatic rings. The van der Waals surface area contributed by atoms with Crippen LogP contribution in [0, 0.1) is 28.7 Å². The number of benzene rings is 1. The molecule has 0 bridgehead atoms. The van der Waals surface area contributed by atoms with Gasteiger partial charge in [-0.15, -0.1) is 0 Å². The Morgan fingerprint density at radius 2 is 1.97 bits per heavy atom. The van der Waals surface area contributed by atoms with Crippen molar-refractivity contribution in [2.75, 3.05) is 20.2 Å². The van der Waals surface area contributed by atoms with E-state index in [2.05, 4.69) is 14.9 Å². The zero-order chi connectivity index (χ0) is 23.7. The molecular formula is C20H28F2N4O5. The fraction of sp³-hybridized carbons (Fsp3) is 0.550. The molecule has 2 heterocycles. The lowest BCUT2D eigenvalue weighted by Crippen LogP contribution is -2.39. The number of halogens is 2. The Kier molecular flexibility index (Phi) is 9.97. The first-order valence-electron chi connectivity index (χ1n) is 10.1. The summed E-state index contributed by atoms with van der Waals surface area (Å²) >= 11 is 0. The largest absolute Gasteiger partial charge is 0.453 e. The predicted octanol–water partition coefficient (Wildman–Crippen LogP) is 5.23. The molecule has 0 saturated carbocycles. The summed E-state index contributed by atoms with van der Waals surface area (Å²) in [6.07, 6.45) is 0.845. The van der Waals surface area contributed by atoms with Crippen LogP contribution in [0.5, 0.6) is 0 Å².